The number of amides is 2. The minimum Gasteiger partial charge on any atom is -0.375 e. The zero-order valence-corrected chi connectivity index (χ0v) is 16.0. The van der Waals surface area contributed by atoms with Crippen molar-refractivity contribution in [1.82, 2.24) is 14.5 Å². The molecule has 2 amide bonds. The topological polar surface area (TPSA) is 79.0 Å². The second-order valence-corrected chi connectivity index (χ2v) is 8.91. The van der Waals surface area contributed by atoms with Crippen LogP contribution in [0.25, 0.3) is 0 Å². The lowest BCUT2D eigenvalue weighted by Gasteiger charge is -2.33. The van der Waals surface area contributed by atoms with Gasteiger partial charge in [-0.25, -0.2) is 13.2 Å². The maximum absolute atomic E-state index is 12.6. The third kappa shape index (κ3) is 4.55. The Balaban J connectivity index is 1.46. The van der Waals surface area contributed by atoms with Gasteiger partial charge in [0.15, 0.2) is 0 Å². The summed E-state index contributed by atoms with van der Waals surface area (Å²) >= 11 is 0. The Labute approximate surface area is 155 Å². The summed E-state index contributed by atoms with van der Waals surface area (Å²) in [5.41, 5.74) is 0. The third-order valence-corrected chi connectivity index (χ3v) is 6.94. The number of nitrogens with zero attached hydrogens (tertiary/aromatic N) is 2. The Bertz CT molecular complexity index is 702. The summed E-state index contributed by atoms with van der Waals surface area (Å²) in [7, 11) is -3.42. The molecule has 3 rings (SSSR count). The first-order valence-corrected chi connectivity index (χ1v) is 10.6. The van der Waals surface area contributed by atoms with Crippen LogP contribution in [0.4, 0.5) is 4.79 Å². The largest absolute Gasteiger partial charge is 0.375 e. The fraction of sp³-hybridized carbons (Fsp3) is 0.611. The van der Waals surface area contributed by atoms with Crippen LogP contribution in [0.1, 0.15) is 19.8 Å². The molecule has 2 saturated heterocycles. The van der Waals surface area contributed by atoms with Crippen LogP contribution in [0.2, 0.25) is 0 Å². The van der Waals surface area contributed by atoms with Crippen molar-refractivity contribution in [1.29, 1.82) is 0 Å². The molecule has 0 aliphatic carbocycles. The summed E-state index contributed by atoms with van der Waals surface area (Å²) in [6.45, 7) is 5.33. The monoisotopic (exact) mass is 381 g/mol. The van der Waals surface area contributed by atoms with E-state index in [9.17, 15) is 13.2 Å². The predicted molar refractivity (Wildman–Crippen MR) is 98.3 cm³/mol. The average Bonchev–Trinajstić information content (AvgIpc) is 2.67. The molecule has 144 valence electrons. The molecule has 0 radical (unpaired) electrons. The number of carbonyl (C=O) groups is 1. The van der Waals surface area contributed by atoms with E-state index in [0.29, 0.717) is 50.1 Å². The number of hydrogen-bond donors (Lipinski definition) is 1. The maximum atomic E-state index is 12.6. The number of carbonyl (C=O) groups excluding carboxylic acids is 1. The van der Waals surface area contributed by atoms with Gasteiger partial charge in [-0.05, 0) is 37.8 Å². The Morgan fingerprint density at radius 1 is 1.19 bits per heavy atom. The zero-order valence-electron chi connectivity index (χ0n) is 15.1. The number of sulfonamides is 1. The van der Waals surface area contributed by atoms with E-state index in [-0.39, 0.29) is 12.1 Å². The molecule has 1 aromatic rings. The Morgan fingerprint density at radius 2 is 1.88 bits per heavy atom. The van der Waals surface area contributed by atoms with Crippen LogP contribution in [0, 0.1) is 5.92 Å². The van der Waals surface area contributed by atoms with Gasteiger partial charge in [0.05, 0.1) is 17.6 Å². The number of piperidine rings is 1. The quantitative estimate of drug-likeness (QED) is 0.858. The van der Waals surface area contributed by atoms with Crippen molar-refractivity contribution in [2.75, 3.05) is 39.3 Å². The Kier molecular flexibility index (Phi) is 6.16. The highest BCUT2D eigenvalue weighted by Crippen LogP contribution is 2.23. The van der Waals surface area contributed by atoms with E-state index in [1.54, 1.807) is 33.5 Å². The summed E-state index contributed by atoms with van der Waals surface area (Å²) in [6.07, 6.45) is 1.58. The lowest BCUT2D eigenvalue weighted by atomic mass is 9.98. The van der Waals surface area contributed by atoms with Crippen LogP contribution in [-0.2, 0) is 14.8 Å². The molecule has 1 N–H and O–H groups in total. The first kappa shape index (κ1) is 19.1. The van der Waals surface area contributed by atoms with E-state index in [0.717, 1.165) is 12.8 Å². The van der Waals surface area contributed by atoms with Crippen LogP contribution >= 0.6 is 0 Å². The van der Waals surface area contributed by atoms with E-state index in [2.05, 4.69) is 5.32 Å². The van der Waals surface area contributed by atoms with Gasteiger partial charge < -0.3 is 15.0 Å². The van der Waals surface area contributed by atoms with Gasteiger partial charge in [0.1, 0.15) is 0 Å². The van der Waals surface area contributed by atoms with Gasteiger partial charge in [-0.1, -0.05) is 18.2 Å². The Hall–Kier alpha value is -1.64. The summed E-state index contributed by atoms with van der Waals surface area (Å²) < 4.78 is 32.3. The van der Waals surface area contributed by atoms with Gasteiger partial charge in [0.2, 0.25) is 10.0 Å². The highest BCUT2D eigenvalue weighted by molar-refractivity contribution is 7.89. The molecule has 0 spiro atoms. The van der Waals surface area contributed by atoms with E-state index >= 15 is 0 Å². The molecule has 2 fully saturated rings. The molecule has 0 bridgehead atoms. The minimum absolute atomic E-state index is 0.0560. The van der Waals surface area contributed by atoms with E-state index < -0.39 is 10.0 Å². The van der Waals surface area contributed by atoms with Crippen molar-refractivity contribution in [3.63, 3.8) is 0 Å². The number of benzene rings is 1. The highest BCUT2D eigenvalue weighted by atomic mass is 32.2. The molecule has 26 heavy (non-hydrogen) atoms. The molecule has 2 aliphatic rings. The first-order chi connectivity index (χ1) is 12.5. The maximum Gasteiger partial charge on any atom is 0.317 e. The lowest BCUT2D eigenvalue weighted by Crippen LogP contribution is -2.50. The van der Waals surface area contributed by atoms with Crippen LogP contribution in [0.3, 0.4) is 0 Å². The standard InChI is InChI=1S/C18H27N3O4S/c1-15-14-20(11-12-25-15)18(22)19-13-16-7-9-21(10-8-16)26(23,24)17-5-3-2-4-6-17/h2-6,15-16H,7-14H2,1H3,(H,19,22). The van der Waals surface area contributed by atoms with Crippen LogP contribution in [-0.4, -0.2) is 69.1 Å². The van der Waals surface area contributed by atoms with Gasteiger partial charge in [-0.2, -0.15) is 4.31 Å². The normalized spacial score (nSPS) is 23.0. The van der Waals surface area contributed by atoms with Crippen molar-refractivity contribution in [3.05, 3.63) is 30.3 Å². The molecule has 8 heteroatoms. The van der Waals surface area contributed by atoms with Gasteiger partial charge in [-0.3, -0.25) is 0 Å². The number of nitrogens with one attached hydrogen (secondary N) is 1. The van der Waals surface area contributed by atoms with E-state index in [1.807, 2.05) is 13.0 Å². The average molecular weight is 381 g/mol. The van der Waals surface area contributed by atoms with Crippen molar-refractivity contribution in [2.45, 2.75) is 30.8 Å². The SMILES string of the molecule is CC1CN(C(=O)NCC2CCN(S(=O)(=O)c3ccccc3)CC2)CCO1. The zero-order chi connectivity index (χ0) is 18.6. The van der Waals surface area contributed by atoms with E-state index in [4.69, 9.17) is 4.74 Å². The fourth-order valence-electron chi connectivity index (χ4n) is 3.44. The van der Waals surface area contributed by atoms with Gasteiger partial charge >= 0.3 is 6.03 Å². The number of ether oxygens (including phenoxy) is 1. The summed E-state index contributed by atoms with van der Waals surface area (Å²) in [5, 5.41) is 2.99. The lowest BCUT2D eigenvalue weighted by molar-refractivity contribution is -0.00363. The second kappa shape index (κ2) is 8.37. The first-order valence-electron chi connectivity index (χ1n) is 9.16. The molecule has 1 unspecified atom stereocenters. The third-order valence-electron chi connectivity index (χ3n) is 5.02. The Morgan fingerprint density at radius 3 is 2.54 bits per heavy atom. The van der Waals surface area contributed by atoms with Crippen LogP contribution in [0.15, 0.2) is 35.2 Å². The summed E-state index contributed by atoms with van der Waals surface area (Å²) in [6, 6.07) is 8.49. The smallest absolute Gasteiger partial charge is 0.317 e. The molecule has 1 atom stereocenters. The van der Waals surface area contributed by atoms with Gasteiger partial charge in [-0.15, -0.1) is 0 Å². The van der Waals surface area contributed by atoms with Gasteiger partial charge in [0, 0.05) is 32.7 Å². The molecule has 2 heterocycles. The van der Waals surface area contributed by atoms with Crippen molar-refractivity contribution < 1.29 is 17.9 Å². The molecule has 1 aromatic carbocycles. The summed E-state index contributed by atoms with van der Waals surface area (Å²) in [5.74, 6) is 0.305. The number of hydrogen-bond acceptors (Lipinski definition) is 4. The second-order valence-electron chi connectivity index (χ2n) is 6.97. The molecule has 0 saturated carbocycles. The van der Waals surface area contributed by atoms with Crippen molar-refractivity contribution in [2.24, 2.45) is 5.92 Å². The number of rotatable bonds is 4. The molecular weight excluding hydrogens is 354 g/mol. The van der Waals surface area contributed by atoms with E-state index in [1.165, 1.54) is 0 Å². The molecule has 0 aromatic heterocycles. The van der Waals surface area contributed by atoms with Gasteiger partial charge in [0.25, 0.3) is 0 Å². The molecule has 7 nitrogen and oxygen atoms in total. The predicted octanol–water partition coefficient (Wildman–Crippen LogP) is 1.52. The number of urea groups is 1. The summed E-state index contributed by atoms with van der Waals surface area (Å²) in [4.78, 5) is 14.4. The van der Waals surface area contributed by atoms with Crippen molar-refractivity contribution in [3.8, 4) is 0 Å². The minimum atomic E-state index is -3.42. The van der Waals surface area contributed by atoms with Crippen LogP contribution < -0.4 is 5.32 Å². The molecule has 2 aliphatic heterocycles. The van der Waals surface area contributed by atoms with Crippen molar-refractivity contribution >= 4 is 16.1 Å². The van der Waals surface area contributed by atoms with Crippen LogP contribution in [0.5, 0.6) is 0 Å². The fourth-order valence-corrected chi connectivity index (χ4v) is 4.93. The number of morpholine rings is 1. The molecular formula is C18H27N3O4S. The highest BCUT2D eigenvalue weighted by Gasteiger charge is 2.29.